The maximum Gasteiger partial charge on any atom is 0.243 e. The van der Waals surface area contributed by atoms with Crippen molar-refractivity contribution in [1.29, 1.82) is 0 Å². The maximum atomic E-state index is 12.5. The van der Waals surface area contributed by atoms with Crippen LogP contribution in [0.25, 0.3) is 0 Å². The van der Waals surface area contributed by atoms with Gasteiger partial charge in [0.2, 0.25) is 10.0 Å². The molecule has 1 aliphatic rings. The van der Waals surface area contributed by atoms with Crippen molar-refractivity contribution in [2.75, 3.05) is 26.7 Å². The maximum absolute atomic E-state index is 12.5. The van der Waals surface area contributed by atoms with E-state index in [0.29, 0.717) is 23.9 Å². The van der Waals surface area contributed by atoms with Crippen molar-refractivity contribution in [2.45, 2.75) is 24.7 Å². The average Bonchev–Trinajstić information content (AvgIpc) is 2.40. The Labute approximate surface area is 128 Å². The molecule has 1 fully saturated rings. The number of nitrogens with zero attached hydrogens (tertiary/aromatic N) is 1. The molecule has 20 heavy (non-hydrogen) atoms. The van der Waals surface area contributed by atoms with Crippen LogP contribution in [0.15, 0.2) is 29.2 Å². The highest BCUT2D eigenvalue weighted by Crippen LogP contribution is 2.23. The SMILES string of the molecule is CNCC1CCN(S(=O)(=O)c2ccc(C)cc2)CC1.Cl. The second-order valence-corrected chi connectivity index (χ2v) is 7.16. The smallest absolute Gasteiger partial charge is 0.243 e. The molecular weight excluding hydrogens is 296 g/mol. The fourth-order valence-corrected chi connectivity index (χ4v) is 3.97. The Kier molecular flexibility index (Phi) is 6.45. The number of aryl methyl sites for hydroxylation is 1. The van der Waals surface area contributed by atoms with E-state index in [1.165, 1.54) is 0 Å². The van der Waals surface area contributed by atoms with Crippen LogP contribution in [0.4, 0.5) is 0 Å². The molecule has 0 bridgehead atoms. The summed E-state index contributed by atoms with van der Waals surface area (Å²) in [5, 5.41) is 3.16. The Morgan fingerprint density at radius 2 is 1.75 bits per heavy atom. The lowest BCUT2D eigenvalue weighted by atomic mass is 9.98. The molecule has 0 saturated carbocycles. The van der Waals surface area contributed by atoms with Gasteiger partial charge in [-0.3, -0.25) is 0 Å². The minimum Gasteiger partial charge on any atom is -0.319 e. The number of piperidine rings is 1. The molecular formula is C14H23ClN2O2S. The first-order valence-corrected chi connectivity index (χ1v) is 8.19. The van der Waals surface area contributed by atoms with Crippen LogP contribution in [0.2, 0.25) is 0 Å². The molecule has 6 heteroatoms. The third-order valence-electron chi connectivity index (χ3n) is 3.73. The lowest BCUT2D eigenvalue weighted by molar-refractivity contribution is 0.270. The van der Waals surface area contributed by atoms with Gasteiger partial charge in [-0.1, -0.05) is 17.7 Å². The van der Waals surface area contributed by atoms with Gasteiger partial charge in [0.1, 0.15) is 0 Å². The minimum atomic E-state index is -3.30. The van der Waals surface area contributed by atoms with E-state index in [-0.39, 0.29) is 12.4 Å². The number of hydrogen-bond donors (Lipinski definition) is 1. The van der Waals surface area contributed by atoms with Crippen LogP contribution in [-0.2, 0) is 10.0 Å². The Morgan fingerprint density at radius 1 is 1.20 bits per heavy atom. The Balaban J connectivity index is 0.00000200. The van der Waals surface area contributed by atoms with E-state index in [9.17, 15) is 8.42 Å². The van der Waals surface area contributed by atoms with E-state index < -0.39 is 10.0 Å². The second kappa shape index (κ2) is 7.41. The van der Waals surface area contributed by atoms with Gasteiger partial charge in [-0.05, 0) is 51.4 Å². The molecule has 1 aliphatic heterocycles. The number of rotatable bonds is 4. The molecule has 1 aromatic carbocycles. The topological polar surface area (TPSA) is 49.4 Å². The fraction of sp³-hybridized carbons (Fsp3) is 0.571. The van der Waals surface area contributed by atoms with Crippen molar-refractivity contribution in [3.8, 4) is 0 Å². The van der Waals surface area contributed by atoms with Gasteiger partial charge in [-0.15, -0.1) is 12.4 Å². The van der Waals surface area contributed by atoms with Crippen molar-refractivity contribution in [2.24, 2.45) is 5.92 Å². The summed E-state index contributed by atoms with van der Waals surface area (Å²) >= 11 is 0. The van der Waals surface area contributed by atoms with E-state index in [4.69, 9.17) is 0 Å². The van der Waals surface area contributed by atoms with Crippen LogP contribution in [0.3, 0.4) is 0 Å². The zero-order chi connectivity index (χ0) is 13.9. The van der Waals surface area contributed by atoms with Gasteiger partial charge in [0, 0.05) is 13.1 Å². The zero-order valence-electron chi connectivity index (χ0n) is 12.0. The van der Waals surface area contributed by atoms with Crippen LogP contribution in [0.5, 0.6) is 0 Å². The van der Waals surface area contributed by atoms with Gasteiger partial charge in [0.25, 0.3) is 0 Å². The molecule has 114 valence electrons. The van der Waals surface area contributed by atoms with E-state index in [1.54, 1.807) is 16.4 Å². The molecule has 0 unspecified atom stereocenters. The van der Waals surface area contributed by atoms with E-state index >= 15 is 0 Å². The summed E-state index contributed by atoms with van der Waals surface area (Å²) < 4.78 is 26.6. The molecule has 4 nitrogen and oxygen atoms in total. The molecule has 0 aromatic heterocycles. The van der Waals surface area contributed by atoms with E-state index in [2.05, 4.69) is 5.32 Å². The van der Waals surface area contributed by atoms with Crippen LogP contribution >= 0.6 is 12.4 Å². The third kappa shape index (κ3) is 3.95. The summed E-state index contributed by atoms with van der Waals surface area (Å²) in [6.45, 7) is 4.18. The van der Waals surface area contributed by atoms with Gasteiger partial charge in [-0.25, -0.2) is 8.42 Å². The van der Waals surface area contributed by atoms with Crippen LogP contribution in [0.1, 0.15) is 18.4 Å². The summed E-state index contributed by atoms with van der Waals surface area (Å²) in [4.78, 5) is 0.408. The highest BCUT2D eigenvalue weighted by atomic mass is 35.5. The van der Waals surface area contributed by atoms with E-state index in [1.807, 2.05) is 26.1 Å². The van der Waals surface area contributed by atoms with Gasteiger partial charge < -0.3 is 5.32 Å². The van der Waals surface area contributed by atoms with Crippen LogP contribution in [0, 0.1) is 12.8 Å². The van der Waals surface area contributed by atoms with Crippen molar-refractivity contribution in [3.63, 3.8) is 0 Å². The molecule has 1 saturated heterocycles. The molecule has 0 atom stereocenters. The van der Waals surface area contributed by atoms with E-state index in [0.717, 1.165) is 24.9 Å². The van der Waals surface area contributed by atoms with Crippen molar-refractivity contribution < 1.29 is 8.42 Å². The number of halogens is 1. The first-order chi connectivity index (χ1) is 9.04. The van der Waals surface area contributed by atoms with Gasteiger partial charge in [0.05, 0.1) is 4.90 Å². The van der Waals surface area contributed by atoms with Gasteiger partial charge >= 0.3 is 0 Å². The quantitative estimate of drug-likeness (QED) is 0.924. The molecule has 2 rings (SSSR count). The van der Waals surface area contributed by atoms with Crippen molar-refractivity contribution >= 4 is 22.4 Å². The fourth-order valence-electron chi connectivity index (χ4n) is 2.50. The third-order valence-corrected chi connectivity index (χ3v) is 5.64. The van der Waals surface area contributed by atoms with Crippen LogP contribution < -0.4 is 5.32 Å². The highest BCUT2D eigenvalue weighted by Gasteiger charge is 2.28. The minimum absolute atomic E-state index is 0. The molecule has 1 aromatic rings. The summed E-state index contributed by atoms with van der Waals surface area (Å²) in [7, 11) is -1.36. The van der Waals surface area contributed by atoms with Crippen molar-refractivity contribution in [3.05, 3.63) is 29.8 Å². The largest absolute Gasteiger partial charge is 0.319 e. The van der Waals surface area contributed by atoms with Gasteiger partial charge in [-0.2, -0.15) is 4.31 Å². The lowest BCUT2D eigenvalue weighted by Crippen LogP contribution is -2.40. The Hall–Kier alpha value is -0.620. The van der Waals surface area contributed by atoms with Crippen molar-refractivity contribution in [1.82, 2.24) is 9.62 Å². The predicted octanol–water partition coefficient (Wildman–Crippen LogP) is 2.04. The summed E-state index contributed by atoms with van der Waals surface area (Å²) in [5.74, 6) is 0.592. The number of sulfonamides is 1. The number of nitrogens with one attached hydrogen (secondary N) is 1. The van der Waals surface area contributed by atoms with Gasteiger partial charge in [0.15, 0.2) is 0 Å². The average molecular weight is 319 g/mol. The van der Waals surface area contributed by atoms with Crippen LogP contribution in [-0.4, -0.2) is 39.4 Å². The highest BCUT2D eigenvalue weighted by molar-refractivity contribution is 7.89. The molecule has 1 N–H and O–H groups in total. The summed E-state index contributed by atoms with van der Waals surface area (Å²) in [6, 6.07) is 7.09. The second-order valence-electron chi connectivity index (χ2n) is 5.22. The monoisotopic (exact) mass is 318 g/mol. The number of benzene rings is 1. The molecule has 0 aliphatic carbocycles. The molecule has 0 radical (unpaired) electrons. The Bertz CT molecular complexity index is 508. The first kappa shape index (κ1) is 17.4. The number of hydrogen-bond acceptors (Lipinski definition) is 3. The summed E-state index contributed by atoms with van der Waals surface area (Å²) in [6.07, 6.45) is 1.87. The standard InChI is InChI=1S/C14H22N2O2S.ClH/c1-12-3-5-14(6-4-12)19(17,18)16-9-7-13(8-10-16)11-15-2;/h3-6,13,15H,7-11H2,1-2H3;1H. The lowest BCUT2D eigenvalue weighted by Gasteiger charge is -2.31. The zero-order valence-corrected chi connectivity index (χ0v) is 13.6. The first-order valence-electron chi connectivity index (χ1n) is 6.75. The molecule has 0 spiro atoms. The Morgan fingerprint density at radius 3 is 2.25 bits per heavy atom. The molecule has 1 heterocycles. The molecule has 0 amide bonds. The predicted molar refractivity (Wildman–Crippen MR) is 83.8 cm³/mol. The normalized spacial score (nSPS) is 17.7. The summed E-state index contributed by atoms with van der Waals surface area (Å²) in [5.41, 5.74) is 1.08.